The van der Waals surface area contributed by atoms with E-state index in [0.29, 0.717) is 18.1 Å². The Labute approximate surface area is 261 Å². The Kier molecular flexibility index (Phi) is 9.33. The molecule has 5 rings (SSSR count). The number of aliphatic carboxylic acids is 1. The molecule has 13 heteroatoms. The highest BCUT2D eigenvalue weighted by Gasteiger charge is 2.61. The van der Waals surface area contributed by atoms with Gasteiger partial charge >= 0.3 is 12.1 Å². The lowest BCUT2D eigenvalue weighted by molar-refractivity contribution is -0.145. The molecular weight excluding hydrogens is 588 g/mol. The summed E-state index contributed by atoms with van der Waals surface area (Å²) in [4.78, 5) is 59.0. The molecule has 3 aliphatic heterocycles. The third-order valence-electron chi connectivity index (χ3n) is 8.43. The summed E-state index contributed by atoms with van der Waals surface area (Å²) in [5, 5.41) is 16.0. The van der Waals surface area contributed by atoms with Crippen LogP contribution in [0.4, 0.5) is 4.79 Å². The molecule has 3 amide bonds. The standard InChI is InChI=1S/C31H42N4O8S/c1-30(2,3)43-28(40)32-22-11-9-7-5-6-8-10-18-16-31(18,27(38)39)34-25(36)23-14-20(17-35(23)26(22)37)42-29-33-21-13-12-19(41-4)15-24(21)44-29/h8,10,12-13,15,18,20-24H,5-7,9,11,14,16-17H2,1-4H3,(H,32,40)(H,34,36)(H,38,39)/b10-8-/t18-,20-,21?,22+,23+,24?,31-/m1/s1. The predicted molar refractivity (Wildman–Crippen MR) is 164 cm³/mol. The average molecular weight is 631 g/mol. The van der Waals surface area contributed by atoms with Gasteiger partial charge in [0.05, 0.1) is 24.9 Å². The van der Waals surface area contributed by atoms with Crippen LogP contribution in [0.5, 0.6) is 0 Å². The average Bonchev–Trinajstić information content (AvgIpc) is 3.27. The number of hydrogen-bond acceptors (Lipinski definition) is 9. The number of rotatable bonds is 4. The SMILES string of the molecule is COC1=CC2SC(O[C@@H]3C[C@H]4C(=O)N[C@]5(C(=O)O)C[C@H]5/C=C\CCCCC[C@H](NC(=O)OC(C)(C)C)C(=O)N4C3)=NC2C=C1. The summed E-state index contributed by atoms with van der Waals surface area (Å²) in [6, 6.07) is -2.02. The van der Waals surface area contributed by atoms with Crippen molar-refractivity contribution >= 4 is 40.9 Å². The van der Waals surface area contributed by atoms with Crippen molar-refractivity contribution in [2.75, 3.05) is 13.7 Å². The number of carboxylic acids is 1. The highest BCUT2D eigenvalue weighted by atomic mass is 32.2. The fourth-order valence-corrected chi connectivity index (χ4v) is 7.14. The fourth-order valence-electron chi connectivity index (χ4n) is 6.04. The number of aliphatic imine (C=N–C) groups is 1. The molecule has 2 aliphatic carbocycles. The van der Waals surface area contributed by atoms with Crippen LogP contribution in [0.3, 0.4) is 0 Å². The van der Waals surface area contributed by atoms with E-state index < -0.39 is 53.2 Å². The van der Waals surface area contributed by atoms with Crippen LogP contribution in [0.1, 0.15) is 65.7 Å². The van der Waals surface area contributed by atoms with Crippen molar-refractivity contribution in [1.82, 2.24) is 15.5 Å². The first-order valence-electron chi connectivity index (χ1n) is 15.3. The molecule has 0 spiro atoms. The van der Waals surface area contributed by atoms with Crippen LogP contribution >= 0.6 is 11.8 Å². The molecule has 0 aromatic rings. The summed E-state index contributed by atoms with van der Waals surface area (Å²) < 4.78 is 17.0. The van der Waals surface area contributed by atoms with Crippen LogP contribution < -0.4 is 10.6 Å². The topological polar surface area (TPSA) is 156 Å². The molecule has 3 N–H and O–H groups in total. The number of carbonyl (C=O) groups excluding carboxylic acids is 3. The monoisotopic (exact) mass is 630 g/mol. The third-order valence-corrected chi connectivity index (χ3v) is 9.52. The summed E-state index contributed by atoms with van der Waals surface area (Å²) in [6.07, 6.45) is 12.2. The lowest BCUT2D eigenvalue weighted by Gasteiger charge is -2.30. The van der Waals surface area contributed by atoms with Gasteiger partial charge in [-0.05, 0) is 58.6 Å². The summed E-state index contributed by atoms with van der Waals surface area (Å²) in [5.41, 5.74) is -2.17. The lowest BCUT2D eigenvalue weighted by Crippen LogP contribution is -2.56. The minimum absolute atomic E-state index is 0.0134. The molecule has 2 unspecified atom stereocenters. The number of allylic oxidation sites excluding steroid dienone is 2. The van der Waals surface area contributed by atoms with Crippen molar-refractivity contribution < 1.29 is 38.5 Å². The Morgan fingerprint density at radius 1 is 1.20 bits per heavy atom. The maximum Gasteiger partial charge on any atom is 0.408 e. The number of alkyl carbamates (subject to hydrolysis) is 1. The van der Waals surface area contributed by atoms with Gasteiger partial charge in [0, 0.05) is 12.3 Å². The zero-order chi connectivity index (χ0) is 31.6. The molecule has 0 aromatic heterocycles. The quantitative estimate of drug-likeness (QED) is 0.397. The molecule has 0 radical (unpaired) electrons. The van der Waals surface area contributed by atoms with Gasteiger partial charge in [0.2, 0.25) is 17.0 Å². The van der Waals surface area contributed by atoms with E-state index in [4.69, 9.17) is 14.2 Å². The first kappa shape index (κ1) is 31.9. The van der Waals surface area contributed by atoms with E-state index in [1.54, 1.807) is 27.9 Å². The van der Waals surface area contributed by atoms with Crippen LogP contribution in [0.2, 0.25) is 0 Å². The Morgan fingerprint density at radius 3 is 2.73 bits per heavy atom. The molecule has 240 valence electrons. The zero-order valence-corrected chi connectivity index (χ0v) is 26.4. The molecule has 1 saturated heterocycles. The maximum atomic E-state index is 14.1. The van der Waals surface area contributed by atoms with Crippen LogP contribution in [-0.4, -0.2) is 93.4 Å². The van der Waals surface area contributed by atoms with Gasteiger partial charge in [0.1, 0.15) is 35.1 Å². The lowest BCUT2D eigenvalue weighted by atomic mass is 10.0. The van der Waals surface area contributed by atoms with E-state index in [2.05, 4.69) is 15.6 Å². The summed E-state index contributed by atoms with van der Waals surface area (Å²) in [6.45, 7) is 5.31. The first-order chi connectivity index (χ1) is 20.9. The fraction of sp³-hybridized carbons (Fsp3) is 0.645. The number of nitrogens with zero attached hydrogens (tertiary/aromatic N) is 2. The summed E-state index contributed by atoms with van der Waals surface area (Å²) >= 11 is 1.44. The van der Waals surface area contributed by atoms with Crippen molar-refractivity contribution in [3.63, 3.8) is 0 Å². The number of amides is 3. The number of ether oxygens (including phenoxy) is 3. The van der Waals surface area contributed by atoms with E-state index in [1.165, 1.54) is 16.7 Å². The van der Waals surface area contributed by atoms with E-state index in [9.17, 15) is 24.3 Å². The van der Waals surface area contributed by atoms with E-state index in [0.717, 1.165) is 25.0 Å². The highest BCUT2D eigenvalue weighted by Crippen LogP contribution is 2.45. The van der Waals surface area contributed by atoms with Gasteiger partial charge in [-0.15, -0.1) is 0 Å². The van der Waals surface area contributed by atoms with Gasteiger partial charge in [-0.25, -0.2) is 14.6 Å². The van der Waals surface area contributed by atoms with Gasteiger partial charge < -0.3 is 34.9 Å². The Hall–Kier alpha value is -3.48. The van der Waals surface area contributed by atoms with Crippen molar-refractivity contribution in [2.45, 2.75) is 106 Å². The second kappa shape index (κ2) is 12.9. The van der Waals surface area contributed by atoms with E-state index >= 15 is 0 Å². The van der Waals surface area contributed by atoms with Crippen LogP contribution in [0, 0.1) is 5.92 Å². The summed E-state index contributed by atoms with van der Waals surface area (Å²) in [5.74, 6) is -1.67. The van der Waals surface area contributed by atoms with E-state index in [1.807, 2.05) is 30.4 Å². The molecule has 2 fully saturated rings. The molecule has 12 nitrogen and oxygen atoms in total. The molecule has 5 aliphatic rings. The van der Waals surface area contributed by atoms with Gasteiger partial charge in [-0.1, -0.05) is 42.8 Å². The van der Waals surface area contributed by atoms with Crippen molar-refractivity contribution in [3.8, 4) is 0 Å². The predicted octanol–water partition coefficient (Wildman–Crippen LogP) is 3.29. The van der Waals surface area contributed by atoms with Crippen LogP contribution in [-0.2, 0) is 28.6 Å². The van der Waals surface area contributed by atoms with Gasteiger partial charge in [0.15, 0.2) is 0 Å². The highest BCUT2D eigenvalue weighted by molar-refractivity contribution is 8.14. The van der Waals surface area contributed by atoms with Crippen molar-refractivity contribution in [1.29, 1.82) is 0 Å². The molecule has 0 bridgehead atoms. The van der Waals surface area contributed by atoms with Crippen molar-refractivity contribution in [2.24, 2.45) is 10.9 Å². The molecule has 7 atom stereocenters. The minimum Gasteiger partial charge on any atom is -0.497 e. The van der Waals surface area contributed by atoms with Gasteiger partial charge in [0.25, 0.3) is 0 Å². The second-order valence-corrected chi connectivity index (χ2v) is 14.1. The largest absolute Gasteiger partial charge is 0.497 e. The second-order valence-electron chi connectivity index (χ2n) is 12.9. The number of carbonyl (C=O) groups is 4. The number of fused-ring (bicyclic) bond motifs is 3. The summed E-state index contributed by atoms with van der Waals surface area (Å²) in [7, 11) is 1.61. The molecule has 0 aromatic carbocycles. The van der Waals surface area contributed by atoms with Crippen LogP contribution in [0.15, 0.2) is 41.1 Å². The van der Waals surface area contributed by atoms with Gasteiger partial charge in [-0.2, -0.15) is 0 Å². The van der Waals surface area contributed by atoms with E-state index in [-0.39, 0.29) is 36.6 Å². The maximum absolute atomic E-state index is 14.1. The van der Waals surface area contributed by atoms with Crippen LogP contribution in [0.25, 0.3) is 0 Å². The molecule has 1 saturated carbocycles. The number of nitrogens with one attached hydrogen (secondary N) is 2. The zero-order valence-electron chi connectivity index (χ0n) is 25.6. The molecule has 44 heavy (non-hydrogen) atoms. The molecular formula is C31H42N4O8S. The third kappa shape index (κ3) is 7.24. The smallest absolute Gasteiger partial charge is 0.408 e. The first-order valence-corrected chi connectivity index (χ1v) is 16.1. The number of methoxy groups -OCH3 is 1. The number of carboxylic acid groups (broad SMARTS) is 1. The minimum atomic E-state index is -1.41. The van der Waals surface area contributed by atoms with Crippen molar-refractivity contribution in [3.05, 3.63) is 36.1 Å². The Bertz CT molecular complexity index is 1290. The molecule has 3 heterocycles. The Morgan fingerprint density at radius 2 is 2.00 bits per heavy atom. The number of thioether (sulfide) groups is 1. The normalized spacial score (nSPS) is 34.5. The number of hydrogen-bond donors (Lipinski definition) is 3. The Balaban J connectivity index is 1.37. The van der Waals surface area contributed by atoms with Gasteiger partial charge in [-0.3, -0.25) is 9.59 Å².